The van der Waals surface area contributed by atoms with E-state index in [1.165, 1.54) is 0 Å². The number of benzene rings is 1. The first kappa shape index (κ1) is 15.3. The van der Waals surface area contributed by atoms with Gasteiger partial charge < -0.3 is 10.0 Å². The lowest BCUT2D eigenvalue weighted by molar-refractivity contribution is -0.144. The van der Waals surface area contributed by atoms with Gasteiger partial charge in [-0.05, 0) is 43.7 Å². The second kappa shape index (κ2) is 6.57. The van der Waals surface area contributed by atoms with Crippen LogP contribution in [0.4, 0.5) is 0 Å². The van der Waals surface area contributed by atoms with Gasteiger partial charge in [-0.2, -0.15) is 0 Å². The van der Waals surface area contributed by atoms with Crippen LogP contribution in [-0.2, 0) is 11.2 Å². The maximum atomic E-state index is 11.6. The van der Waals surface area contributed by atoms with Crippen molar-refractivity contribution in [3.05, 3.63) is 34.3 Å². The van der Waals surface area contributed by atoms with Crippen LogP contribution in [0.2, 0.25) is 5.02 Å². The van der Waals surface area contributed by atoms with E-state index in [2.05, 4.69) is 16.8 Å². The predicted molar refractivity (Wildman–Crippen MR) is 80.4 cm³/mol. The van der Waals surface area contributed by atoms with Crippen molar-refractivity contribution in [1.82, 2.24) is 9.80 Å². The van der Waals surface area contributed by atoms with Crippen molar-refractivity contribution < 1.29 is 9.90 Å². The molecule has 110 valence electrons. The van der Waals surface area contributed by atoms with E-state index in [-0.39, 0.29) is 0 Å². The number of rotatable bonds is 4. The number of hydrogen-bond donors (Lipinski definition) is 1. The Kier molecular flexibility index (Phi) is 5.02. The van der Waals surface area contributed by atoms with Gasteiger partial charge in [0.05, 0.1) is 0 Å². The Morgan fingerprint density at radius 3 is 2.55 bits per heavy atom. The highest BCUT2D eigenvalue weighted by atomic mass is 35.5. The van der Waals surface area contributed by atoms with Crippen LogP contribution in [0.25, 0.3) is 0 Å². The Morgan fingerprint density at radius 2 is 2.00 bits per heavy atom. The fourth-order valence-corrected chi connectivity index (χ4v) is 2.83. The molecule has 4 nitrogen and oxygen atoms in total. The van der Waals surface area contributed by atoms with Crippen molar-refractivity contribution in [3.8, 4) is 0 Å². The van der Waals surface area contributed by atoms with Gasteiger partial charge in [-0.25, -0.2) is 0 Å². The molecule has 5 heteroatoms. The zero-order valence-electron chi connectivity index (χ0n) is 12.0. The van der Waals surface area contributed by atoms with E-state index < -0.39 is 12.0 Å². The van der Waals surface area contributed by atoms with Crippen LogP contribution in [0.15, 0.2) is 18.2 Å². The third kappa shape index (κ3) is 3.72. The molecule has 1 heterocycles. The lowest BCUT2D eigenvalue weighted by atomic mass is 9.99. The molecule has 1 aromatic carbocycles. The summed E-state index contributed by atoms with van der Waals surface area (Å²) in [6.45, 7) is 5.43. The van der Waals surface area contributed by atoms with Crippen LogP contribution in [0.3, 0.4) is 0 Å². The Bertz CT molecular complexity index is 485. The van der Waals surface area contributed by atoms with E-state index in [1.54, 1.807) is 0 Å². The Balaban J connectivity index is 2.11. The minimum Gasteiger partial charge on any atom is -0.480 e. The Hall–Kier alpha value is -1.10. The molecular formula is C15H21ClN2O2. The molecule has 2 rings (SSSR count). The molecule has 20 heavy (non-hydrogen) atoms. The van der Waals surface area contributed by atoms with Crippen molar-refractivity contribution in [3.63, 3.8) is 0 Å². The van der Waals surface area contributed by atoms with E-state index in [1.807, 2.05) is 25.1 Å². The number of carboxylic acids is 1. The number of nitrogens with zero attached hydrogens (tertiary/aromatic N) is 2. The SMILES string of the molecule is Cc1cc(Cl)ccc1C[C@H](C(=O)O)N1CCN(C)CC1. The summed E-state index contributed by atoms with van der Waals surface area (Å²) in [5.41, 5.74) is 2.11. The molecule has 1 fully saturated rings. The second-order valence-electron chi connectivity index (χ2n) is 5.47. The molecule has 1 aromatic rings. The highest BCUT2D eigenvalue weighted by Crippen LogP contribution is 2.19. The minimum atomic E-state index is -0.746. The van der Waals surface area contributed by atoms with E-state index in [9.17, 15) is 9.90 Å². The summed E-state index contributed by atoms with van der Waals surface area (Å²) < 4.78 is 0. The lowest BCUT2D eigenvalue weighted by Gasteiger charge is -2.36. The largest absolute Gasteiger partial charge is 0.480 e. The van der Waals surface area contributed by atoms with Crippen molar-refractivity contribution in [2.45, 2.75) is 19.4 Å². The summed E-state index contributed by atoms with van der Waals surface area (Å²) in [7, 11) is 2.07. The van der Waals surface area contributed by atoms with Gasteiger partial charge in [-0.3, -0.25) is 9.69 Å². The topological polar surface area (TPSA) is 43.8 Å². The molecule has 0 saturated carbocycles. The quantitative estimate of drug-likeness (QED) is 0.921. The standard InChI is InChI=1S/C15H21ClN2O2/c1-11-9-13(16)4-3-12(11)10-14(15(19)20)18-7-5-17(2)6-8-18/h3-4,9,14H,5-8,10H2,1-2H3,(H,19,20)/t14-/m1/s1. The van der Waals surface area contributed by atoms with Crippen molar-refractivity contribution >= 4 is 17.6 Å². The minimum absolute atomic E-state index is 0.455. The molecule has 1 atom stereocenters. The molecule has 0 spiro atoms. The van der Waals surface area contributed by atoms with Gasteiger partial charge in [0.2, 0.25) is 0 Å². The first-order valence-corrected chi connectivity index (χ1v) is 7.25. The fraction of sp³-hybridized carbons (Fsp3) is 0.533. The van der Waals surface area contributed by atoms with E-state index in [0.717, 1.165) is 37.3 Å². The van der Waals surface area contributed by atoms with Gasteiger partial charge in [0.1, 0.15) is 6.04 Å². The summed E-state index contributed by atoms with van der Waals surface area (Å²) in [6, 6.07) is 5.19. The summed E-state index contributed by atoms with van der Waals surface area (Å²) in [5, 5.41) is 10.2. The molecule has 0 radical (unpaired) electrons. The zero-order valence-corrected chi connectivity index (χ0v) is 12.7. The van der Waals surface area contributed by atoms with Crippen LogP contribution in [0.5, 0.6) is 0 Å². The number of likely N-dealkylation sites (N-methyl/N-ethyl adjacent to an activating group) is 1. The molecule has 0 aliphatic carbocycles. The van der Waals surface area contributed by atoms with Crippen LogP contribution in [-0.4, -0.2) is 60.1 Å². The molecule has 1 N–H and O–H groups in total. The van der Waals surface area contributed by atoms with Gasteiger partial charge in [-0.1, -0.05) is 17.7 Å². The highest BCUT2D eigenvalue weighted by molar-refractivity contribution is 6.30. The van der Waals surface area contributed by atoms with Crippen LogP contribution >= 0.6 is 11.6 Å². The molecule has 1 aliphatic heterocycles. The number of carbonyl (C=O) groups is 1. The Morgan fingerprint density at radius 1 is 1.35 bits per heavy atom. The lowest BCUT2D eigenvalue weighted by Crippen LogP contribution is -2.52. The number of hydrogen-bond acceptors (Lipinski definition) is 3. The number of carboxylic acid groups (broad SMARTS) is 1. The molecular weight excluding hydrogens is 276 g/mol. The highest BCUT2D eigenvalue weighted by Gasteiger charge is 2.28. The molecule has 1 saturated heterocycles. The van der Waals surface area contributed by atoms with Crippen LogP contribution < -0.4 is 0 Å². The third-order valence-electron chi connectivity index (χ3n) is 3.98. The van der Waals surface area contributed by atoms with Crippen molar-refractivity contribution in [1.29, 1.82) is 0 Å². The maximum absolute atomic E-state index is 11.6. The summed E-state index contributed by atoms with van der Waals surface area (Å²) in [5.74, 6) is -0.746. The molecule has 0 aromatic heterocycles. The normalized spacial score (nSPS) is 18.9. The summed E-state index contributed by atoms with van der Waals surface area (Å²) >= 11 is 5.95. The van der Waals surface area contributed by atoms with Gasteiger partial charge >= 0.3 is 5.97 Å². The van der Waals surface area contributed by atoms with Crippen LogP contribution in [0, 0.1) is 6.92 Å². The second-order valence-corrected chi connectivity index (χ2v) is 5.90. The summed E-state index contributed by atoms with van der Waals surface area (Å²) in [6.07, 6.45) is 0.530. The number of piperazine rings is 1. The van der Waals surface area contributed by atoms with E-state index >= 15 is 0 Å². The third-order valence-corrected chi connectivity index (χ3v) is 4.22. The Labute approximate surface area is 124 Å². The first-order chi connectivity index (χ1) is 9.47. The number of aryl methyl sites for hydroxylation is 1. The fourth-order valence-electron chi connectivity index (χ4n) is 2.60. The molecule has 0 amide bonds. The monoisotopic (exact) mass is 296 g/mol. The van der Waals surface area contributed by atoms with Gasteiger partial charge in [0.25, 0.3) is 0 Å². The van der Waals surface area contributed by atoms with Crippen molar-refractivity contribution in [2.24, 2.45) is 0 Å². The smallest absolute Gasteiger partial charge is 0.321 e. The number of aliphatic carboxylic acids is 1. The average molecular weight is 297 g/mol. The molecule has 0 unspecified atom stereocenters. The van der Waals surface area contributed by atoms with Crippen LogP contribution in [0.1, 0.15) is 11.1 Å². The zero-order chi connectivity index (χ0) is 14.7. The van der Waals surface area contributed by atoms with E-state index in [4.69, 9.17) is 11.6 Å². The van der Waals surface area contributed by atoms with Gasteiger partial charge in [0.15, 0.2) is 0 Å². The molecule has 0 bridgehead atoms. The maximum Gasteiger partial charge on any atom is 0.321 e. The number of halogens is 1. The van der Waals surface area contributed by atoms with E-state index in [0.29, 0.717) is 11.4 Å². The van der Waals surface area contributed by atoms with Gasteiger partial charge in [-0.15, -0.1) is 0 Å². The molecule has 1 aliphatic rings. The first-order valence-electron chi connectivity index (χ1n) is 6.88. The summed E-state index contributed by atoms with van der Waals surface area (Å²) in [4.78, 5) is 15.9. The average Bonchev–Trinajstić information content (AvgIpc) is 2.39. The van der Waals surface area contributed by atoms with Gasteiger partial charge in [0, 0.05) is 31.2 Å². The predicted octanol–water partition coefficient (Wildman–Crippen LogP) is 1.89. The van der Waals surface area contributed by atoms with Crippen molar-refractivity contribution in [2.75, 3.05) is 33.2 Å².